The maximum atomic E-state index is 6.36. The average Bonchev–Trinajstić information content (AvgIpc) is 2.61. The van der Waals surface area contributed by atoms with Crippen LogP contribution >= 0.6 is 23.8 Å². The molecule has 1 fully saturated rings. The van der Waals surface area contributed by atoms with Crippen molar-refractivity contribution in [1.82, 2.24) is 5.32 Å². The molecule has 0 unspecified atom stereocenters. The topological polar surface area (TPSA) is 28.5 Å². The van der Waals surface area contributed by atoms with E-state index in [9.17, 15) is 0 Å². The van der Waals surface area contributed by atoms with Gasteiger partial charge in [0.2, 0.25) is 0 Å². The smallest absolute Gasteiger partial charge is 0.171 e. The molecule has 0 saturated carbocycles. The Morgan fingerprint density at radius 1 is 1.15 bits per heavy atom. The van der Waals surface area contributed by atoms with Gasteiger partial charge in [-0.15, -0.1) is 0 Å². The second-order valence-electron chi connectivity index (χ2n) is 7.22. The molecule has 1 heterocycles. The zero-order chi connectivity index (χ0) is 18.5. The van der Waals surface area contributed by atoms with E-state index in [0.29, 0.717) is 16.2 Å². The quantitative estimate of drug-likeness (QED) is 0.700. The number of rotatable bonds is 4. The van der Waals surface area contributed by atoms with Gasteiger partial charge in [0.15, 0.2) is 5.11 Å². The molecule has 2 aromatic rings. The fourth-order valence-corrected chi connectivity index (χ4v) is 4.28. The molecule has 0 bridgehead atoms. The minimum Gasteiger partial charge on any atom is -0.359 e. The summed E-state index contributed by atoms with van der Waals surface area (Å²) in [4.78, 5) is 1.64. The molecule has 3 N–H and O–H groups in total. The number of thiocarbonyl (C=S) groups is 1. The van der Waals surface area contributed by atoms with Gasteiger partial charge in [0.1, 0.15) is 6.54 Å². The Hall–Kier alpha value is -1.62. The van der Waals surface area contributed by atoms with Crippen LogP contribution in [0.5, 0.6) is 0 Å². The normalized spacial score (nSPS) is 19.8. The van der Waals surface area contributed by atoms with E-state index >= 15 is 0 Å². The van der Waals surface area contributed by atoms with E-state index in [0.717, 1.165) is 36.2 Å². The lowest BCUT2D eigenvalue weighted by Crippen LogP contribution is -3.12. The number of hydrogen-bond donors (Lipinski definition) is 3. The molecule has 3 nitrogen and oxygen atoms in total. The molecule has 0 aliphatic carbocycles. The van der Waals surface area contributed by atoms with Crippen molar-refractivity contribution in [2.24, 2.45) is 0 Å². The van der Waals surface area contributed by atoms with Crippen LogP contribution in [0.1, 0.15) is 29.5 Å². The number of anilines is 1. The van der Waals surface area contributed by atoms with Crippen molar-refractivity contribution in [2.45, 2.75) is 39.3 Å². The van der Waals surface area contributed by atoms with Crippen molar-refractivity contribution in [1.29, 1.82) is 0 Å². The van der Waals surface area contributed by atoms with E-state index in [2.05, 4.69) is 54.0 Å². The number of nitrogens with one attached hydrogen (secondary N) is 3. The number of benzene rings is 2. The number of likely N-dealkylation sites (tertiary alicyclic amines) is 1. The van der Waals surface area contributed by atoms with Crippen LogP contribution in [0.15, 0.2) is 42.5 Å². The fraction of sp³-hybridized carbons (Fsp3) is 0.381. The van der Waals surface area contributed by atoms with Gasteiger partial charge in [0.25, 0.3) is 0 Å². The largest absolute Gasteiger partial charge is 0.359 e. The van der Waals surface area contributed by atoms with Crippen molar-refractivity contribution in [3.8, 4) is 0 Å². The predicted octanol–water partition coefficient (Wildman–Crippen LogP) is 3.49. The van der Waals surface area contributed by atoms with Gasteiger partial charge < -0.3 is 15.5 Å². The Labute approximate surface area is 166 Å². The monoisotopic (exact) mass is 388 g/mol. The Balaban J connectivity index is 1.48. The van der Waals surface area contributed by atoms with E-state index in [1.165, 1.54) is 18.7 Å². The molecule has 5 heteroatoms. The third kappa shape index (κ3) is 5.19. The molecule has 0 spiro atoms. The summed E-state index contributed by atoms with van der Waals surface area (Å²) in [6, 6.07) is 15.2. The molecule has 0 atom stereocenters. The number of hydrogen-bond acceptors (Lipinski definition) is 1. The maximum Gasteiger partial charge on any atom is 0.171 e. The van der Waals surface area contributed by atoms with Crippen LogP contribution in [-0.2, 0) is 6.54 Å². The molecule has 0 radical (unpaired) electrons. The van der Waals surface area contributed by atoms with Crippen LogP contribution < -0.4 is 15.5 Å². The summed E-state index contributed by atoms with van der Waals surface area (Å²) < 4.78 is 0. The molecule has 1 aliphatic heterocycles. The number of quaternary nitrogens is 1. The first-order valence-corrected chi connectivity index (χ1v) is 10.0. The first-order valence-electron chi connectivity index (χ1n) is 9.23. The summed E-state index contributed by atoms with van der Waals surface area (Å²) in [5.41, 5.74) is 4.59. The summed E-state index contributed by atoms with van der Waals surface area (Å²) in [5.74, 6) is 0. The average molecular weight is 389 g/mol. The van der Waals surface area contributed by atoms with Crippen molar-refractivity contribution in [2.75, 3.05) is 18.4 Å². The van der Waals surface area contributed by atoms with Crippen LogP contribution in [0.25, 0.3) is 0 Å². The zero-order valence-corrected chi connectivity index (χ0v) is 17.0. The van der Waals surface area contributed by atoms with Crippen molar-refractivity contribution in [3.05, 3.63) is 64.2 Å². The van der Waals surface area contributed by atoms with Gasteiger partial charge in [-0.2, -0.15) is 0 Å². The summed E-state index contributed by atoms with van der Waals surface area (Å²) >= 11 is 11.9. The van der Waals surface area contributed by atoms with Gasteiger partial charge in [0.05, 0.1) is 23.8 Å². The molecule has 1 saturated heterocycles. The molecular weight excluding hydrogens is 362 g/mol. The van der Waals surface area contributed by atoms with E-state index < -0.39 is 0 Å². The van der Waals surface area contributed by atoms with Crippen LogP contribution in [0.2, 0.25) is 5.02 Å². The third-order valence-electron chi connectivity index (χ3n) is 5.00. The first-order chi connectivity index (χ1) is 12.5. The Morgan fingerprint density at radius 3 is 2.50 bits per heavy atom. The molecule has 26 heavy (non-hydrogen) atoms. The second kappa shape index (κ2) is 8.85. The molecule has 2 aromatic carbocycles. The van der Waals surface area contributed by atoms with Gasteiger partial charge >= 0.3 is 0 Å². The molecular formula is C21H27ClN3S+. The first kappa shape index (κ1) is 19.2. The van der Waals surface area contributed by atoms with E-state index in [-0.39, 0.29) is 0 Å². The standard InChI is InChI=1S/C21H26ClN3S/c1-15-12-16(2)20(19(22)13-15)24-21(26)23-18-8-10-25(11-9-18)14-17-6-4-3-5-7-17/h3-7,12-13,18H,8-11,14H2,1-2H3,(H2,23,24,26)/p+1. The van der Waals surface area contributed by atoms with Gasteiger partial charge in [-0.05, 0) is 43.3 Å². The fourth-order valence-electron chi connectivity index (χ4n) is 3.64. The highest BCUT2D eigenvalue weighted by Crippen LogP contribution is 2.27. The van der Waals surface area contributed by atoms with Crippen molar-refractivity contribution in [3.63, 3.8) is 0 Å². The van der Waals surface area contributed by atoms with E-state index in [4.69, 9.17) is 23.8 Å². The number of halogens is 1. The Bertz CT molecular complexity index is 732. The van der Waals surface area contributed by atoms with Gasteiger partial charge in [-0.25, -0.2) is 0 Å². The van der Waals surface area contributed by atoms with Crippen LogP contribution in [0, 0.1) is 13.8 Å². The van der Waals surface area contributed by atoms with Gasteiger partial charge in [0, 0.05) is 24.4 Å². The molecule has 0 amide bonds. The molecule has 0 aromatic heterocycles. The zero-order valence-electron chi connectivity index (χ0n) is 15.4. The van der Waals surface area contributed by atoms with Crippen LogP contribution in [0.4, 0.5) is 5.69 Å². The SMILES string of the molecule is Cc1cc(C)c(NC(=S)NC2CC[NH+](Cc3ccccc3)CC2)c(Cl)c1. The number of piperidine rings is 1. The minimum absolute atomic E-state index is 0.430. The lowest BCUT2D eigenvalue weighted by atomic mass is 10.0. The Morgan fingerprint density at radius 2 is 1.85 bits per heavy atom. The third-order valence-corrected chi connectivity index (χ3v) is 5.51. The predicted molar refractivity (Wildman–Crippen MR) is 114 cm³/mol. The van der Waals surface area contributed by atoms with E-state index in [1.54, 1.807) is 4.90 Å². The summed E-state index contributed by atoms with van der Waals surface area (Å²) in [6.07, 6.45) is 2.26. The highest BCUT2D eigenvalue weighted by molar-refractivity contribution is 7.80. The minimum atomic E-state index is 0.430. The second-order valence-corrected chi connectivity index (χ2v) is 8.04. The van der Waals surface area contributed by atoms with Crippen molar-refractivity contribution >= 4 is 34.6 Å². The van der Waals surface area contributed by atoms with Crippen molar-refractivity contribution < 1.29 is 4.90 Å². The summed E-state index contributed by atoms with van der Waals surface area (Å²) in [5, 5.41) is 8.13. The molecule has 3 rings (SSSR count). The van der Waals surface area contributed by atoms with Crippen LogP contribution in [0.3, 0.4) is 0 Å². The van der Waals surface area contributed by atoms with E-state index in [1.807, 2.05) is 13.0 Å². The lowest BCUT2D eigenvalue weighted by molar-refractivity contribution is -0.918. The molecule has 138 valence electrons. The molecule has 1 aliphatic rings. The summed E-state index contributed by atoms with van der Waals surface area (Å²) in [7, 11) is 0. The maximum absolute atomic E-state index is 6.36. The van der Waals surface area contributed by atoms with Gasteiger partial charge in [-0.3, -0.25) is 0 Å². The highest BCUT2D eigenvalue weighted by Gasteiger charge is 2.23. The Kier molecular flexibility index (Phi) is 6.52. The number of aryl methyl sites for hydroxylation is 2. The highest BCUT2D eigenvalue weighted by atomic mass is 35.5. The summed E-state index contributed by atoms with van der Waals surface area (Å²) in [6.45, 7) is 7.54. The van der Waals surface area contributed by atoms with Gasteiger partial charge in [-0.1, -0.05) is 48.0 Å². The van der Waals surface area contributed by atoms with Crippen LogP contribution in [-0.4, -0.2) is 24.2 Å². The lowest BCUT2D eigenvalue weighted by Gasteiger charge is -2.30.